The zero-order chi connectivity index (χ0) is 18.1. The van der Waals surface area contributed by atoms with Crippen LogP contribution in [0.2, 0.25) is 0 Å². The highest BCUT2D eigenvalue weighted by molar-refractivity contribution is 6.40. The fraction of sp³-hybridized carbons (Fsp3) is 0.286. The first-order valence-corrected chi connectivity index (χ1v) is 8.28. The van der Waals surface area contributed by atoms with E-state index >= 15 is 0 Å². The van der Waals surface area contributed by atoms with Crippen molar-refractivity contribution in [2.45, 2.75) is 25.7 Å². The van der Waals surface area contributed by atoms with E-state index in [0.29, 0.717) is 5.56 Å². The zero-order valence-corrected chi connectivity index (χ0v) is 14.5. The van der Waals surface area contributed by atoms with E-state index in [2.05, 4.69) is 4.74 Å². The summed E-state index contributed by atoms with van der Waals surface area (Å²) in [7, 11) is 1.16. The molecule has 0 saturated heterocycles. The van der Waals surface area contributed by atoms with Crippen LogP contribution >= 0.6 is 0 Å². The smallest absolute Gasteiger partial charge is 0.375 e. The molecule has 0 fully saturated rings. The first-order chi connectivity index (χ1) is 12.0. The number of carbonyl (C=O) groups excluding carboxylic acids is 3. The Bertz CT molecular complexity index is 852. The Hall–Kier alpha value is -2.75. The van der Waals surface area contributed by atoms with E-state index in [9.17, 15) is 14.4 Å². The third-order valence-corrected chi connectivity index (χ3v) is 5.11. The second-order valence-electron chi connectivity index (χ2n) is 6.46. The maximum absolute atomic E-state index is 13.1. The number of fused-ring (bicyclic) bond motifs is 1. The molecule has 3 rings (SSSR count). The number of hydrogen-bond acceptors (Lipinski definition) is 4. The second kappa shape index (κ2) is 6.63. The Morgan fingerprint density at radius 3 is 2.20 bits per heavy atom. The van der Waals surface area contributed by atoms with E-state index in [1.807, 2.05) is 50.2 Å². The van der Waals surface area contributed by atoms with Gasteiger partial charge in [0.1, 0.15) is 5.92 Å². The maximum atomic E-state index is 13.1. The Morgan fingerprint density at radius 2 is 1.56 bits per heavy atom. The number of Topliss-reactive ketones (excluding diaryl/α,β-unsaturated/α-hetero) is 2. The quantitative estimate of drug-likeness (QED) is 0.489. The van der Waals surface area contributed by atoms with Crippen LogP contribution in [0, 0.1) is 12.8 Å². The molecular weight excluding hydrogens is 316 g/mol. The molecule has 128 valence electrons. The van der Waals surface area contributed by atoms with Crippen LogP contribution in [-0.4, -0.2) is 24.6 Å². The first-order valence-electron chi connectivity index (χ1n) is 8.28. The summed E-state index contributed by atoms with van der Waals surface area (Å²) in [5, 5.41) is 0. The van der Waals surface area contributed by atoms with Crippen molar-refractivity contribution in [3.05, 3.63) is 70.8 Å². The van der Waals surface area contributed by atoms with Crippen LogP contribution < -0.4 is 0 Å². The van der Waals surface area contributed by atoms with Gasteiger partial charge in [0.15, 0.2) is 5.78 Å². The van der Waals surface area contributed by atoms with Gasteiger partial charge in [-0.3, -0.25) is 9.59 Å². The molecule has 0 radical (unpaired) electrons. The SMILES string of the molecule is COC(=O)C(=O)[C@H]1C(=O)c2ccccc2[C@H](C)[C@@H]1c1ccccc1C. The number of carbonyl (C=O) groups is 3. The number of esters is 1. The van der Waals surface area contributed by atoms with Gasteiger partial charge < -0.3 is 4.74 Å². The van der Waals surface area contributed by atoms with Gasteiger partial charge in [-0.1, -0.05) is 55.5 Å². The zero-order valence-electron chi connectivity index (χ0n) is 14.5. The lowest BCUT2D eigenvalue weighted by molar-refractivity contribution is -0.153. The minimum atomic E-state index is -1.06. The van der Waals surface area contributed by atoms with Crippen LogP contribution in [-0.2, 0) is 14.3 Å². The highest BCUT2D eigenvalue weighted by Crippen LogP contribution is 2.46. The molecule has 2 aromatic carbocycles. The molecule has 3 atom stereocenters. The van der Waals surface area contributed by atoms with Gasteiger partial charge in [-0.05, 0) is 29.5 Å². The summed E-state index contributed by atoms with van der Waals surface area (Å²) in [5.41, 5.74) is 3.34. The molecule has 4 heteroatoms. The Morgan fingerprint density at radius 1 is 0.960 bits per heavy atom. The van der Waals surface area contributed by atoms with Crippen molar-refractivity contribution >= 4 is 17.5 Å². The van der Waals surface area contributed by atoms with Crippen molar-refractivity contribution in [1.82, 2.24) is 0 Å². The normalized spacial score (nSPS) is 22.2. The standard InChI is InChI=1S/C21H20O4/c1-12-8-4-5-9-14(12)17-13(2)15-10-6-7-11-16(15)19(22)18(17)20(23)21(24)25-3/h4-11,13,17-18H,1-3H3/t13-,17+,18+/m0/s1. The van der Waals surface area contributed by atoms with E-state index < -0.39 is 23.6 Å². The van der Waals surface area contributed by atoms with Gasteiger partial charge in [-0.2, -0.15) is 0 Å². The molecule has 1 aliphatic carbocycles. The minimum Gasteiger partial charge on any atom is -0.463 e. The van der Waals surface area contributed by atoms with Crippen molar-refractivity contribution < 1.29 is 19.1 Å². The summed E-state index contributed by atoms with van der Waals surface area (Å²) < 4.78 is 4.61. The number of ketones is 2. The molecule has 0 spiro atoms. The van der Waals surface area contributed by atoms with Crippen molar-refractivity contribution in [3.8, 4) is 0 Å². The van der Waals surface area contributed by atoms with Gasteiger partial charge in [0.25, 0.3) is 5.78 Å². The maximum Gasteiger partial charge on any atom is 0.375 e. The monoisotopic (exact) mass is 336 g/mol. The van der Waals surface area contributed by atoms with E-state index in [0.717, 1.165) is 23.8 Å². The predicted octanol–water partition coefficient (Wildman–Crippen LogP) is 3.44. The van der Waals surface area contributed by atoms with E-state index in [1.165, 1.54) is 0 Å². The highest BCUT2D eigenvalue weighted by atomic mass is 16.5. The molecule has 2 aromatic rings. The predicted molar refractivity (Wildman–Crippen MR) is 93.6 cm³/mol. The number of aryl methyl sites for hydroxylation is 1. The molecule has 0 aromatic heterocycles. The van der Waals surface area contributed by atoms with Crippen LogP contribution in [0.1, 0.15) is 45.8 Å². The van der Waals surface area contributed by atoms with Crippen molar-refractivity contribution in [3.63, 3.8) is 0 Å². The number of hydrogen-bond donors (Lipinski definition) is 0. The lowest BCUT2D eigenvalue weighted by Crippen LogP contribution is -2.41. The first kappa shape index (κ1) is 17.1. The molecule has 0 bridgehead atoms. The third-order valence-electron chi connectivity index (χ3n) is 5.11. The fourth-order valence-corrected chi connectivity index (χ4v) is 3.85. The molecule has 1 aliphatic rings. The van der Waals surface area contributed by atoms with Crippen molar-refractivity contribution in [2.24, 2.45) is 5.92 Å². The summed E-state index contributed by atoms with van der Waals surface area (Å²) in [6.07, 6.45) is 0. The lowest BCUT2D eigenvalue weighted by atomic mass is 9.64. The second-order valence-corrected chi connectivity index (χ2v) is 6.46. The number of benzene rings is 2. The van der Waals surface area contributed by atoms with E-state index in [4.69, 9.17) is 0 Å². The number of ether oxygens (including phenoxy) is 1. The molecule has 0 heterocycles. The summed E-state index contributed by atoms with van der Waals surface area (Å²) in [5.74, 6) is -3.58. The van der Waals surface area contributed by atoms with Crippen molar-refractivity contribution in [2.75, 3.05) is 7.11 Å². The molecule has 0 amide bonds. The summed E-state index contributed by atoms with van der Waals surface area (Å²) in [6, 6.07) is 15.0. The summed E-state index contributed by atoms with van der Waals surface area (Å²) in [4.78, 5) is 37.7. The van der Waals surface area contributed by atoms with E-state index in [1.54, 1.807) is 12.1 Å². The molecule has 4 nitrogen and oxygen atoms in total. The number of methoxy groups -OCH3 is 1. The Labute approximate surface area is 146 Å². The molecule has 0 unspecified atom stereocenters. The minimum absolute atomic E-state index is 0.0754. The Balaban J connectivity index is 2.21. The number of rotatable bonds is 3. The summed E-state index contributed by atoms with van der Waals surface area (Å²) >= 11 is 0. The van der Waals surface area contributed by atoms with Gasteiger partial charge in [0.2, 0.25) is 0 Å². The molecule has 25 heavy (non-hydrogen) atoms. The molecule has 0 saturated carbocycles. The fourth-order valence-electron chi connectivity index (χ4n) is 3.85. The average molecular weight is 336 g/mol. The van der Waals surface area contributed by atoms with Gasteiger partial charge in [0.05, 0.1) is 7.11 Å². The van der Waals surface area contributed by atoms with Crippen LogP contribution in [0.15, 0.2) is 48.5 Å². The molecule has 0 aliphatic heterocycles. The summed E-state index contributed by atoms with van der Waals surface area (Å²) in [6.45, 7) is 3.95. The van der Waals surface area contributed by atoms with E-state index in [-0.39, 0.29) is 11.7 Å². The van der Waals surface area contributed by atoms with Gasteiger partial charge in [-0.25, -0.2) is 4.79 Å². The topological polar surface area (TPSA) is 60.4 Å². The van der Waals surface area contributed by atoms with Crippen LogP contribution in [0.4, 0.5) is 0 Å². The third kappa shape index (κ3) is 2.78. The highest BCUT2D eigenvalue weighted by Gasteiger charge is 2.47. The van der Waals surface area contributed by atoms with Gasteiger partial charge >= 0.3 is 5.97 Å². The Kier molecular flexibility index (Phi) is 4.53. The van der Waals surface area contributed by atoms with Crippen LogP contribution in [0.5, 0.6) is 0 Å². The van der Waals surface area contributed by atoms with Gasteiger partial charge in [-0.15, -0.1) is 0 Å². The van der Waals surface area contributed by atoms with Crippen LogP contribution in [0.3, 0.4) is 0 Å². The average Bonchev–Trinajstić information content (AvgIpc) is 2.64. The lowest BCUT2D eigenvalue weighted by Gasteiger charge is -2.36. The molecule has 0 N–H and O–H groups in total. The molecular formula is C21H20O4. The van der Waals surface area contributed by atoms with Gasteiger partial charge in [0, 0.05) is 11.5 Å². The largest absolute Gasteiger partial charge is 0.463 e. The van der Waals surface area contributed by atoms with Crippen molar-refractivity contribution in [1.29, 1.82) is 0 Å². The van der Waals surface area contributed by atoms with Crippen LogP contribution in [0.25, 0.3) is 0 Å².